The minimum absolute atomic E-state index is 0.266. The van der Waals surface area contributed by atoms with Crippen molar-refractivity contribution in [1.29, 1.82) is 0 Å². The van der Waals surface area contributed by atoms with Crippen molar-refractivity contribution in [1.82, 2.24) is 5.32 Å². The number of Topliss-reactive ketones (excluding diaryl/α,β-unsaturated/α-hetero) is 1. The topological polar surface area (TPSA) is 29.1 Å². The molecule has 1 N–H and O–H groups in total. The van der Waals surface area contributed by atoms with E-state index in [1.165, 1.54) is 12.1 Å². The van der Waals surface area contributed by atoms with Gasteiger partial charge in [0.25, 0.3) is 5.78 Å². The van der Waals surface area contributed by atoms with Crippen molar-refractivity contribution in [3.05, 3.63) is 34.9 Å². The maximum Gasteiger partial charge on any atom is 0.454 e. The maximum atomic E-state index is 12.3. The Hall–Kier alpha value is -1.36. The summed E-state index contributed by atoms with van der Waals surface area (Å²) in [6, 6.07) is 4.26. The molecule has 2 nitrogen and oxygen atoms in total. The zero-order chi connectivity index (χ0) is 12.5. The number of fused-ring (bicyclic) bond motifs is 1. The average Bonchev–Trinajstić information content (AvgIpc) is 2.50. The van der Waals surface area contributed by atoms with Gasteiger partial charge in [-0.05, 0) is 43.1 Å². The number of carbonyl (C=O) groups is 1. The van der Waals surface area contributed by atoms with Crippen molar-refractivity contribution >= 4 is 5.78 Å². The molecule has 0 saturated carbocycles. The van der Waals surface area contributed by atoms with Crippen LogP contribution in [0.15, 0.2) is 18.2 Å². The zero-order valence-electron chi connectivity index (χ0n) is 9.10. The van der Waals surface area contributed by atoms with Gasteiger partial charge in [-0.1, -0.05) is 12.1 Å². The largest absolute Gasteiger partial charge is 0.454 e. The molecule has 0 aromatic heterocycles. The van der Waals surface area contributed by atoms with Gasteiger partial charge >= 0.3 is 6.18 Å². The van der Waals surface area contributed by atoms with E-state index >= 15 is 0 Å². The van der Waals surface area contributed by atoms with Crippen LogP contribution >= 0.6 is 0 Å². The summed E-state index contributed by atoms with van der Waals surface area (Å²) in [6.45, 7) is 1.55. The molecular weight excluding hydrogens is 231 g/mol. The van der Waals surface area contributed by atoms with Gasteiger partial charge in [-0.15, -0.1) is 0 Å². The summed E-state index contributed by atoms with van der Waals surface area (Å²) >= 11 is 0. The highest BCUT2D eigenvalue weighted by molar-refractivity contribution is 6.00. The molecule has 0 atom stereocenters. The summed E-state index contributed by atoms with van der Waals surface area (Å²) in [4.78, 5) is 11.1. The van der Waals surface area contributed by atoms with E-state index in [9.17, 15) is 18.0 Å². The maximum absolute atomic E-state index is 12.3. The van der Waals surface area contributed by atoms with Crippen LogP contribution in [-0.2, 0) is 12.8 Å². The lowest BCUT2D eigenvalue weighted by Gasteiger charge is -2.09. The van der Waals surface area contributed by atoms with Gasteiger partial charge < -0.3 is 5.32 Å². The first kappa shape index (κ1) is 12.1. The third-order valence-corrected chi connectivity index (χ3v) is 2.87. The van der Waals surface area contributed by atoms with Gasteiger partial charge in [0.1, 0.15) is 0 Å². The summed E-state index contributed by atoms with van der Waals surface area (Å²) in [5, 5.41) is 3.17. The second kappa shape index (κ2) is 4.49. The molecule has 0 amide bonds. The summed E-state index contributed by atoms with van der Waals surface area (Å²) in [5.41, 5.74) is 1.59. The summed E-state index contributed by atoms with van der Waals surface area (Å²) in [5.74, 6) is -1.77. The van der Waals surface area contributed by atoms with Crippen molar-refractivity contribution < 1.29 is 18.0 Å². The van der Waals surface area contributed by atoms with Gasteiger partial charge in [-0.25, -0.2) is 0 Å². The fourth-order valence-corrected chi connectivity index (χ4v) is 1.98. The fraction of sp³-hybridized carbons (Fsp3) is 0.417. The summed E-state index contributed by atoms with van der Waals surface area (Å²) < 4.78 is 36.9. The number of alkyl halides is 3. The van der Waals surface area contributed by atoms with E-state index < -0.39 is 12.0 Å². The van der Waals surface area contributed by atoms with Gasteiger partial charge in [0.2, 0.25) is 0 Å². The third kappa shape index (κ3) is 2.66. The second-order valence-corrected chi connectivity index (χ2v) is 4.06. The fourth-order valence-electron chi connectivity index (χ4n) is 1.98. The number of carbonyl (C=O) groups excluding carboxylic acids is 1. The van der Waals surface area contributed by atoms with Gasteiger partial charge in [-0.2, -0.15) is 13.2 Å². The monoisotopic (exact) mass is 243 g/mol. The molecular formula is C12H12F3NO. The first-order chi connectivity index (χ1) is 7.98. The van der Waals surface area contributed by atoms with E-state index in [4.69, 9.17) is 0 Å². The van der Waals surface area contributed by atoms with E-state index in [-0.39, 0.29) is 5.56 Å². The van der Waals surface area contributed by atoms with E-state index in [0.29, 0.717) is 6.42 Å². The predicted octanol–water partition coefficient (Wildman–Crippen LogP) is 2.12. The first-order valence-corrected chi connectivity index (χ1v) is 5.42. The molecule has 1 heterocycles. The van der Waals surface area contributed by atoms with Crippen LogP contribution in [0.3, 0.4) is 0 Å². The van der Waals surface area contributed by atoms with Crippen LogP contribution < -0.4 is 5.32 Å². The Morgan fingerprint density at radius 2 is 1.76 bits per heavy atom. The Balaban J connectivity index is 2.33. The highest BCUT2D eigenvalue weighted by Crippen LogP contribution is 2.23. The van der Waals surface area contributed by atoms with Gasteiger partial charge in [0.05, 0.1) is 0 Å². The third-order valence-electron chi connectivity index (χ3n) is 2.87. The van der Waals surface area contributed by atoms with Gasteiger partial charge in [-0.3, -0.25) is 4.79 Å². The molecule has 5 heteroatoms. The van der Waals surface area contributed by atoms with Gasteiger partial charge in [0, 0.05) is 5.56 Å². The first-order valence-electron chi connectivity index (χ1n) is 5.42. The Kier molecular flexibility index (Phi) is 3.19. The van der Waals surface area contributed by atoms with Crippen molar-refractivity contribution in [3.63, 3.8) is 0 Å². The minimum Gasteiger partial charge on any atom is -0.316 e. The molecule has 0 radical (unpaired) electrons. The molecule has 0 aliphatic carbocycles. The normalized spacial score (nSPS) is 16.2. The van der Waals surface area contributed by atoms with E-state index in [1.54, 1.807) is 6.07 Å². The predicted molar refractivity (Wildman–Crippen MR) is 57.1 cm³/mol. The molecule has 0 bridgehead atoms. The highest BCUT2D eigenvalue weighted by atomic mass is 19.4. The zero-order valence-corrected chi connectivity index (χ0v) is 9.10. The number of ketones is 1. The lowest BCUT2D eigenvalue weighted by Crippen LogP contribution is -2.23. The molecule has 2 rings (SSSR count). The standard InChI is InChI=1S/C12H12F3NO/c13-12(14,15)11(17)10-2-1-8-3-5-16-6-4-9(8)7-10/h1-2,7,16H,3-6H2. The molecule has 0 saturated heterocycles. The lowest BCUT2D eigenvalue weighted by molar-refractivity contribution is -0.0885. The molecule has 1 aromatic rings. The summed E-state index contributed by atoms with van der Waals surface area (Å²) in [6.07, 6.45) is -3.35. The van der Waals surface area contributed by atoms with Crippen molar-refractivity contribution in [2.75, 3.05) is 13.1 Å². The van der Waals surface area contributed by atoms with E-state index in [0.717, 1.165) is 30.6 Å². The van der Waals surface area contributed by atoms with Crippen molar-refractivity contribution in [2.24, 2.45) is 0 Å². The molecule has 92 valence electrons. The molecule has 0 fully saturated rings. The molecule has 17 heavy (non-hydrogen) atoms. The van der Waals surface area contributed by atoms with Crippen molar-refractivity contribution in [3.8, 4) is 0 Å². The van der Waals surface area contributed by atoms with Crippen molar-refractivity contribution in [2.45, 2.75) is 19.0 Å². The Morgan fingerprint density at radius 3 is 2.41 bits per heavy atom. The number of hydrogen-bond donors (Lipinski definition) is 1. The van der Waals surface area contributed by atoms with Crippen LogP contribution in [0, 0.1) is 0 Å². The summed E-state index contributed by atoms with van der Waals surface area (Å²) in [7, 11) is 0. The van der Waals surface area contributed by atoms with Crippen LogP contribution in [0.1, 0.15) is 21.5 Å². The average molecular weight is 243 g/mol. The number of benzene rings is 1. The Bertz CT molecular complexity index is 440. The molecule has 0 unspecified atom stereocenters. The minimum atomic E-state index is -4.79. The van der Waals surface area contributed by atoms with Crippen LogP contribution in [0.25, 0.3) is 0 Å². The number of nitrogens with one attached hydrogen (secondary N) is 1. The lowest BCUT2D eigenvalue weighted by atomic mass is 9.98. The molecule has 1 aliphatic rings. The number of hydrogen-bond acceptors (Lipinski definition) is 2. The molecule has 1 aromatic carbocycles. The smallest absolute Gasteiger partial charge is 0.316 e. The van der Waals surface area contributed by atoms with Crippen LogP contribution in [0.2, 0.25) is 0 Å². The quantitative estimate of drug-likeness (QED) is 0.765. The number of rotatable bonds is 1. The second-order valence-electron chi connectivity index (χ2n) is 4.06. The molecule has 0 spiro atoms. The van der Waals surface area contributed by atoms with E-state index in [1.807, 2.05) is 0 Å². The van der Waals surface area contributed by atoms with E-state index in [2.05, 4.69) is 5.32 Å². The van der Waals surface area contributed by atoms with Crippen LogP contribution in [0.4, 0.5) is 13.2 Å². The Morgan fingerprint density at radius 1 is 1.12 bits per heavy atom. The molecule has 1 aliphatic heterocycles. The SMILES string of the molecule is O=C(c1ccc2c(c1)CCNCC2)C(F)(F)F. The Labute approximate surface area is 96.8 Å². The van der Waals surface area contributed by atoms with Gasteiger partial charge in [0.15, 0.2) is 0 Å². The van der Waals surface area contributed by atoms with Crippen LogP contribution in [0.5, 0.6) is 0 Å². The number of halogens is 3. The van der Waals surface area contributed by atoms with Crippen LogP contribution in [-0.4, -0.2) is 25.0 Å². The highest BCUT2D eigenvalue weighted by Gasteiger charge is 2.39.